The lowest BCUT2D eigenvalue weighted by molar-refractivity contribution is 0.623. The summed E-state index contributed by atoms with van der Waals surface area (Å²) in [6, 6.07) is 2.14. The molecular formula is C8H12N2. The van der Waals surface area contributed by atoms with E-state index in [4.69, 9.17) is 0 Å². The van der Waals surface area contributed by atoms with Gasteiger partial charge in [-0.3, -0.25) is 4.68 Å². The van der Waals surface area contributed by atoms with E-state index >= 15 is 0 Å². The molecule has 0 atom stereocenters. The summed E-state index contributed by atoms with van der Waals surface area (Å²) in [6.07, 6.45) is 4.63. The smallest absolute Gasteiger partial charge is 0.0492 e. The topological polar surface area (TPSA) is 17.8 Å². The van der Waals surface area contributed by atoms with E-state index < -0.39 is 0 Å². The van der Waals surface area contributed by atoms with Crippen LogP contribution in [0.3, 0.4) is 0 Å². The molecule has 1 fully saturated rings. The summed E-state index contributed by atoms with van der Waals surface area (Å²) in [7, 11) is 0. The molecule has 0 unspecified atom stereocenters. The highest BCUT2D eigenvalue weighted by Gasteiger charge is 2.26. The first-order valence-electron chi connectivity index (χ1n) is 3.93. The third kappa shape index (κ3) is 0.838. The SMILES string of the molecule is CCn1nccc1C1CC1. The van der Waals surface area contributed by atoms with Crippen molar-refractivity contribution in [3.8, 4) is 0 Å². The molecule has 1 heterocycles. The van der Waals surface area contributed by atoms with Crippen LogP contribution in [0.25, 0.3) is 0 Å². The molecule has 0 bridgehead atoms. The van der Waals surface area contributed by atoms with E-state index in [1.54, 1.807) is 0 Å². The van der Waals surface area contributed by atoms with Crippen LogP contribution in [0.5, 0.6) is 0 Å². The third-order valence-corrected chi connectivity index (χ3v) is 2.04. The Kier molecular flexibility index (Phi) is 1.26. The maximum Gasteiger partial charge on any atom is 0.0492 e. The van der Waals surface area contributed by atoms with Gasteiger partial charge >= 0.3 is 0 Å². The van der Waals surface area contributed by atoms with E-state index in [0.29, 0.717) is 0 Å². The average molecular weight is 136 g/mol. The van der Waals surface area contributed by atoms with Crippen LogP contribution < -0.4 is 0 Å². The van der Waals surface area contributed by atoms with E-state index in [-0.39, 0.29) is 0 Å². The van der Waals surface area contributed by atoms with Gasteiger partial charge in [-0.25, -0.2) is 0 Å². The number of aryl methyl sites for hydroxylation is 1. The van der Waals surface area contributed by atoms with Crippen molar-refractivity contribution in [2.24, 2.45) is 0 Å². The van der Waals surface area contributed by atoms with Crippen molar-refractivity contribution in [1.82, 2.24) is 9.78 Å². The highest BCUT2D eigenvalue weighted by molar-refractivity contribution is 5.13. The molecule has 0 amide bonds. The summed E-state index contributed by atoms with van der Waals surface area (Å²) in [5.74, 6) is 0.836. The predicted octanol–water partition coefficient (Wildman–Crippen LogP) is 1.78. The molecule has 1 saturated carbocycles. The first kappa shape index (κ1) is 5.96. The Hall–Kier alpha value is -0.790. The van der Waals surface area contributed by atoms with Crippen LogP contribution in [-0.2, 0) is 6.54 Å². The molecule has 54 valence electrons. The second-order valence-corrected chi connectivity index (χ2v) is 2.85. The van der Waals surface area contributed by atoms with Crippen LogP contribution in [0.2, 0.25) is 0 Å². The van der Waals surface area contributed by atoms with Crippen LogP contribution in [-0.4, -0.2) is 9.78 Å². The van der Waals surface area contributed by atoms with E-state index in [1.165, 1.54) is 18.5 Å². The number of rotatable bonds is 2. The van der Waals surface area contributed by atoms with Crippen LogP contribution in [0, 0.1) is 0 Å². The van der Waals surface area contributed by atoms with E-state index in [1.807, 2.05) is 6.20 Å². The van der Waals surface area contributed by atoms with Crippen LogP contribution in [0.4, 0.5) is 0 Å². The molecule has 1 aromatic heterocycles. The van der Waals surface area contributed by atoms with Gasteiger partial charge in [0.25, 0.3) is 0 Å². The standard InChI is InChI=1S/C8H12N2/c1-2-10-8(5-6-9-10)7-3-4-7/h5-7H,2-4H2,1H3. The van der Waals surface area contributed by atoms with Crippen LogP contribution in [0.15, 0.2) is 12.3 Å². The molecule has 0 saturated heterocycles. The summed E-state index contributed by atoms with van der Waals surface area (Å²) in [6.45, 7) is 3.15. The normalized spacial score (nSPS) is 17.7. The molecule has 0 aliphatic heterocycles. The number of hydrogen-bond acceptors (Lipinski definition) is 1. The molecule has 1 aliphatic rings. The Balaban J connectivity index is 2.28. The fourth-order valence-electron chi connectivity index (χ4n) is 1.33. The van der Waals surface area contributed by atoms with Crippen molar-refractivity contribution in [1.29, 1.82) is 0 Å². The maximum atomic E-state index is 4.21. The molecule has 2 nitrogen and oxygen atoms in total. The highest BCUT2D eigenvalue weighted by Crippen LogP contribution is 2.39. The van der Waals surface area contributed by atoms with Gasteiger partial charge in [0.1, 0.15) is 0 Å². The van der Waals surface area contributed by atoms with Gasteiger partial charge in [-0.2, -0.15) is 5.10 Å². The first-order chi connectivity index (χ1) is 4.92. The summed E-state index contributed by atoms with van der Waals surface area (Å²) in [5.41, 5.74) is 1.43. The van der Waals surface area contributed by atoms with Crippen molar-refractivity contribution in [2.75, 3.05) is 0 Å². The zero-order valence-electron chi connectivity index (χ0n) is 6.25. The minimum Gasteiger partial charge on any atom is -0.270 e. The highest BCUT2D eigenvalue weighted by atomic mass is 15.3. The zero-order chi connectivity index (χ0) is 6.97. The molecule has 1 aliphatic carbocycles. The molecule has 0 N–H and O–H groups in total. The van der Waals surface area contributed by atoms with Crippen molar-refractivity contribution in [3.63, 3.8) is 0 Å². The fraction of sp³-hybridized carbons (Fsp3) is 0.625. The number of aromatic nitrogens is 2. The summed E-state index contributed by atoms with van der Waals surface area (Å²) < 4.78 is 2.09. The summed E-state index contributed by atoms with van der Waals surface area (Å²) >= 11 is 0. The largest absolute Gasteiger partial charge is 0.270 e. The van der Waals surface area contributed by atoms with E-state index in [0.717, 1.165) is 12.5 Å². The predicted molar refractivity (Wildman–Crippen MR) is 39.9 cm³/mol. The fourth-order valence-corrected chi connectivity index (χ4v) is 1.33. The summed E-state index contributed by atoms with van der Waals surface area (Å²) in [4.78, 5) is 0. The Labute approximate surface area is 60.9 Å². The maximum absolute atomic E-state index is 4.21. The van der Waals surface area contributed by atoms with Gasteiger partial charge in [0.15, 0.2) is 0 Å². The van der Waals surface area contributed by atoms with Gasteiger partial charge in [0.05, 0.1) is 0 Å². The monoisotopic (exact) mass is 136 g/mol. The number of hydrogen-bond donors (Lipinski definition) is 0. The minimum absolute atomic E-state index is 0.836. The first-order valence-corrected chi connectivity index (χ1v) is 3.93. The van der Waals surface area contributed by atoms with Gasteiger partial charge < -0.3 is 0 Å². The molecule has 0 spiro atoms. The molecule has 1 aromatic rings. The van der Waals surface area contributed by atoms with Crippen LogP contribution in [0.1, 0.15) is 31.4 Å². The molecule has 0 radical (unpaired) electrons. The lowest BCUT2D eigenvalue weighted by Gasteiger charge is -2.00. The Morgan fingerprint density at radius 1 is 1.70 bits per heavy atom. The summed E-state index contributed by atoms with van der Waals surface area (Å²) in [5, 5.41) is 4.21. The van der Waals surface area contributed by atoms with Gasteiger partial charge in [-0.1, -0.05) is 0 Å². The lowest BCUT2D eigenvalue weighted by Crippen LogP contribution is -2.00. The van der Waals surface area contributed by atoms with Gasteiger partial charge in [-0.05, 0) is 25.8 Å². The Morgan fingerprint density at radius 2 is 2.50 bits per heavy atom. The van der Waals surface area contributed by atoms with E-state index in [2.05, 4.69) is 22.8 Å². The van der Waals surface area contributed by atoms with Gasteiger partial charge in [0.2, 0.25) is 0 Å². The lowest BCUT2D eigenvalue weighted by atomic mass is 10.3. The molecule has 10 heavy (non-hydrogen) atoms. The third-order valence-electron chi connectivity index (χ3n) is 2.04. The Bertz CT molecular complexity index is 223. The van der Waals surface area contributed by atoms with Gasteiger partial charge in [0, 0.05) is 24.4 Å². The minimum atomic E-state index is 0.836. The average Bonchev–Trinajstić information content (AvgIpc) is 2.69. The molecule has 2 rings (SSSR count). The Morgan fingerprint density at radius 3 is 3.10 bits per heavy atom. The second kappa shape index (κ2) is 2.11. The molecular weight excluding hydrogens is 124 g/mol. The molecule has 2 heteroatoms. The van der Waals surface area contributed by atoms with Crippen molar-refractivity contribution in [3.05, 3.63) is 18.0 Å². The van der Waals surface area contributed by atoms with Crippen molar-refractivity contribution < 1.29 is 0 Å². The zero-order valence-corrected chi connectivity index (χ0v) is 6.25. The van der Waals surface area contributed by atoms with Gasteiger partial charge in [-0.15, -0.1) is 0 Å². The second-order valence-electron chi connectivity index (χ2n) is 2.85. The van der Waals surface area contributed by atoms with Crippen LogP contribution >= 0.6 is 0 Å². The van der Waals surface area contributed by atoms with Crippen molar-refractivity contribution >= 4 is 0 Å². The van der Waals surface area contributed by atoms with E-state index in [9.17, 15) is 0 Å². The quantitative estimate of drug-likeness (QED) is 0.606. The number of nitrogens with zero attached hydrogens (tertiary/aromatic N) is 2. The molecule has 0 aromatic carbocycles. The van der Waals surface area contributed by atoms with Crippen molar-refractivity contribution in [2.45, 2.75) is 32.2 Å².